The van der Waals surface area contributed by atoms with Crippen LogP contribution in [-0.4, -0.2) is 22.1 Å². The van der Waals surface area contributed by atoms with Gasteiger partial charge < -0.3 is 10.1 Å². The Morgan fingerprint density at radius 2 is 1.70 bits per heavy atom. The van der Waals surface area contributed by atoms with Crippen molar-refractivity contribution in [3.8, 4) is 5.75 Å². The number of aryl methyl sites for hydroxylation is 1. The van der Waals surface area contributed by atoms with Gasteiger partial charge in [-0.05, 0) is 55.3 Å². The third-order valence-electron chi connectivity index (χ3n) is 3.32. The van der Waals surface area contributed by atoms with Crippen LogP contribution < -0.4 is 14.8 Å². The highest BCUT2D eigenvalue weighted by Gasteiger charge is 2.19. The van der Waals surface area contributed by atoms with E-state index in [1.165, 1.54) is 7.11 Å². The predicted octanol–water partition coefficient (Wildman–Crippen LogP) is 3.63. The van der Waals surface area contributed by atoms with Crippen molar-refractivity contribution in [1.29, 1.82) is 0 Å². The standard InChI is InChI=1S/C17H22N2O3S/c1-4-11-18-14-6-8-15(9-7-14)19-23(20,21)17-12-13(2)5-10-16(17)22-3/h5-10,12,18-19H,4,11H2,1-3H3. The third kappa shape index (κ3) is 4.39. The van der Waals surface area contributed by atoms with Gasteiger partial charge in [-0.2, -0.15) is 0 Å². The first-order valence-electron chi connectivity index (χ1n) is 7.47. The van der Waals surface area contributed by atoms with Gasteiger partial charge in [-0.15, -0.1) is 0 Å². The van der Waals surface area contributed by atoms with Crippen LogP contribution in [0, 0.1) is 6.92 Å². The molecule has 0 saturated carbocycles. The summed E-state index contributed by atoms with van der Waals surface area (Å²) in [5.41, 5.74) is 2.32. The van der Waals surface area contributed by atoms with Gasteiger partial charge >= 0.3 is 0 Å². The van der Waals surface area contributed by atoms with Gasteiger partial charge in [-0.3, -0.25) is 4.72 Å². The molecule has 0 fully saturated rings. The van der Waals surface area contributed by atoms with Gasteiger partial charge in [-0.25, -0.2) is 8.42 Å². The fourth-order valence-corrected chi connectivity index (χ4v) is 3.44. The Labute approximate surface area is 137 Å². The maximum Gasteiger partial charge on any atom is 0.265 e. The molecule has 2 N–H and O–H groups in total. The fraction of sp³-hybridized carbons (Fsp3) is 0.294. The largest absolute Gasteiger partial charge is 0.495 e. The number of sulfonamides is 1. The molecular formula is C17H22N2O3S. The van der Waals surface area contributed by atoms with E-state index in [0.29, 0.717) is 11.4 Å². The van der Waals surface area contributed by atoms with Gasteiger partial charge in [-0.1, -0.05) is 13.0 Å². The molecule has 0 amide bonds. The van der Waals surface area contributed by atoms with Gasteiger partial charge in [0.1, 0.15) is 10.6 Å². The molecular weight excluding hydrogens is 312 g/mol. The van der Waals surface area contributed by atoms with Crippen LogP contribution in [0.15, 0.2) is 47.4 Å². The summed E-state index contributed by atoms with van der Waals surface area (Å²) in [4.78, 5) is 0.133. The molecule has 0 unspecified atom stereocenters. The highest BCUT2D eigenvalue weighted by atomic mass is 32.2. The second-order valence-corrected chi connectivity index (χ2v) is 6.91. The summed E-state index contributed by atoms with van der Waals surface area (Å²) in [6.07, 6.45) is 1.03. The Balaban J connectivity index is 2.23. The number of rotatable bonds is 7. The Kier molecular flexibility index (Phi) is 5.50. The first-order valence-corrected chi connectivity index (χ1v) is 8.96. The Morgan fingerprint density at radius 1 is 1.04 bits per heavy atom. The highest BCUT2D eigenvalue weighted by molar-refractivity contribution is 7.92. The van der Waals surface area contributed by atoms with E-state index in [1.807, 2.05) is 25.1 Å². The zero-order valence-electron chi connectivity index (χ0n) is 13.6. The predicted molar refractivity (Wildman–Crippen MR) is 93.8 cm³/mol. The van der Waals surface area contributed by atoms with E-state index in [4.69, 9.17) is 4.74 Å². The summed E-state index contributed by atoms with van der Waals surface area (Å²) in [7, 11) is -2.25. The van der Waals surface area contributed by atoms with E-state index >= 15 is 0 Å². The SMILES string of the molecule is CCCNc1ccc(NS(=O)(=O)c2cc(C)ccc2OC)cc1. The van der Waals surface area contributed by atoms with Crippen LogP contribution in [0.25, 0.3) is 0 Å². The zero-order valence-corrected chi connectivity index (χ0v) is 14.4. The molecule has 0 bridgehead atoms. The van der Waals surface area contributed by atoms with Gasteiger partial charge in [0.05, 0.1) is 7.11 Å². The van der Waals surface area contributed by atoms with Crippen molar-refractivity contribution in [2.45, 2.75) is 25.2 Å². The topological polar surface area (TPSA) is 67.4 Å². The van der Waals surface area contributed by atoms with E-state index in [9.17, 15) is 8.42 Å². The van der Waals surface area contributed by atoms with Crippen molar-refractivity contribution in [2.75, 3.05) is 23.7 Å². The molecule has 0 radical (unpaired) electrons. The minimum absolute atomic E-state index is 0.133. The summed E-state index contributed by atoms with van der Waals surface area (Å²) in [6, 6.07) is 12.2. The second kappa shape index (κ2) is 7.37. The van der Waals surface area contributed by atoms with Crippen LogP contribution in [0.4, 0.5) is 11.4 Å². The molecule has 6 heteroatoms. The number of methoxy groups -OCH3 is 1. The van der Waals surface area contributed by atoms with Crippen LogP contribution in [-0.2, 0) is 10.0 Å². The Hall–Kier alpha value is -2.21. The number of nitrogens with one attached hydrogen (secondary N) is 2. The van der Waals surface area contributed by atoms with Crippen LogP contribution in [0.1, 0.15) is 18.9 Å². The molecule has 0 aliphatic heterocycles. The quantitative estimate of drug-likeness (QED) is 0.811. The molecule has 0 saturated heterocycles. The highest BCUT2D eigenvalue weighted by Crippen LogP contribution is 2.27. The normalized spacial score (nSPS) is 11.1. The molecule has 0 spiro atoms. The number of hydrogen-bond donors (Lipinski definition) is 2. The number of anilines is 2. The third-order valence-corrected chi connectivity index (χ3v) is 4.73. The average molecular weight is 334 g/mol. The van der Waals surface area contributed by atoms with Crippen LogP contribution in [0.3, 0.4) is 0 Å². The molecule has 0 aromatic heterocycles. The summed E-state index contributed by atoms with van der Waals surface area (Å²) in [5, 5.41) is 3.24. The van der Waals surface area contributed by atoms with Crippen molar-refractivity contribution < 1.29 is 13.2 Å². The molecule has 2 aromatic carbocycles. The van der Waals surface area contributed by atoms with E-state index in [2.05, 4.69) is 17.0 Å². The summed E-state index contributed by atoms with van der Waals surface area (Å²) in [5.74, 6) is 0.323. The molecule has 0 aliphatic rings. The average Bonchev–Trinajstić information content (AvgIpc) is 2.54. The van der Waals surface area contributed by atoms with E-state index in [-0.39, 0.29) is 4.90 Å². The Morgan fingerprint density at radius 3 is 2.30 bits per heavy atom. The molecule has 23 heavy (non-hydrogen) atoms. The maximum atomic E-state index is 12.6. The molecule has 0 aliphatic carbocycles. The van der Waals surface area contributed by atoms with Crippen molar-refractivity contribution in [3.05, 3.63) is 48.0 Å². The minimum Gasteiger partial charge on any atom is -0.495 e. The zero-order chi connectivity index (χ0) is 16.9. The lowest BCUT2D eigenvalue weighted by atomic mass is 10.2. The van der Waals surface area contributed by atoms with Crippen LogP contribution >= 0.6 is 0 Å². The van der Waals surface area contributed by atoms with Crippen molar-refractivity contribution >= 4 is 21.4 Å². The summed E-state index contributed by atoms with van der Waals surface area (Å²) >= 11 is 0. The molecule has 5 nitrogen and oxygen atoms in total. The van der Waals surface area contributed by atoms with E-state index in [0.717, 1.165) is 24.2 Å². The van der Waals surface area contributed by atoms with Gasteiger partial charge in [0.25, 0.3) is 10.0 Å². The molecule has 2 aromatic rings. The number of hydrogen-bond acceptors (Lipinski definition) is 4. The van der Waals surface area contributed by atoms with Crippen molar-refractivity contribution in [3.63, 3.8) is 0 Å². The number of benzene rings is 2. The van der Waals surface area contributed by atoms with Crippen LogP contribution in [0.5, 0.6) is 5.75 Å². The summed E-state index contributed by atoms with van der Waals surface area (Å²) < 4.78 is 32.9. The first kappa shape index (κ1) is 17.1. The van der Waals surface area contributed by atoms with E-state index in [1.54, 1.807) is 24.3 Å². The van der Waals surface area contributed by atoms with Crippen LogP contribution in [0.2, 0.25) is 0 Å². The van der Waals surface area contributed by atoms with E-state index < -0.39 is 10.0 Å². The monoisotopic (exact) mass is 334 g/mol. The van der Waals surface area contributed by atoms with Crippen molar-refractivity contribution in [2.24, 2.45) is 0 Å². The van der Waals surface area contributed by atoms with Gasteiger partial charge in [0, 0.05) is 17.9 Å². The van der Waals surface area contributed by atoms with Gasteiger partial charge in [0.2, 0.25) is 0 Å². The molecule has 0 heterocycles. The first-order chi connectivity index (χ1) is 11.0. The number of ether oxygens (including phenoxy) is 1. The Bertz CT molecular complexity index is 756. The fourth-order valence-electron chi connectivity index (χ4n) is 2.13. The molecule has 0 atom stereocenters. The lowest BCUT2D eigenvalue weighted by Gasteiger charge is -2.13. The smallest absolute Gasteiger partial charge is 0.265 e. The van der Waals surface area contributed by atoms with Crippen molar-refractivity contribution in [1.82, 2.24) is 0 Å². The minimum atomic E-state index is -3.70. The van der Waals surface area contributed by atoms with Gasteiger partial charge in [0.15, 0.2) is 0 Å². The summed E-state index contributed by atoms with van der Waals surface area (Å²) in [6.45, 7) is 4.81. The molecule has 124 valence electrons. The second-order valence-electron chi connectivity index (χ2n) is 5.26. The lowest BCUT2D eigenvalue weighted by Crippen LogP contribution is -2.14. The lowest BCUT2D eigenvalue weighted by molar-refractivity contribution is 0.402. The molecule has 2 rings (SSSR count). The maximum absolute atomic E-state index is 12.6.